The normalized spacial score (nSPS) is 10.8. The molecule has 43 heavy (non-hydrogen) atoms. The van der Waals surface area contributed by atoms with E-state index >= 15 is 0 Å². The summed E-state index contributed by atoms with van der Waals surface area (Å²) >= 11 is 0. The summed E-state index contributed by atoms with van der Waals surface area (Å²) in [4.78, 5) is 47.6. The van der Waals surface area contributed by atoms with Crippen LogP contribution in [0.3, 0.4) is 0 Å². The van der Waals surface area contributed by atoms with Crippen LogP contribution >= 0.6 is 0 Å². The van der Waals surface area contributed by atoms with E-state index in [1.807, 2.05) is 76.2 Å². The zero-order valence-electron chi connectivity index (χ0n) is 27.4. The Morgan fingerprint density at radius 3 is 1.09 bits per heavy atom. The number of nitrogens with zero attached hydrogens (tertiary/aromatic N) is 8. The average Bonchev–Trinajstić information content (AvgIpc) is 2.93. The van der Waals surface area contributed by atoms with Crippen molar-refractivity contribution >= 4 is 5.97 Å². The smallest absolute Gasteiger partial charge is 0.359 e. The van der Waals surface area contributed by atoms with Gasteiger partial charge in [-0.2, -0.15) is 0 Å². The summed E-state index contributed by atoms with van der Waals surface area (Å²) in [5, 5.41) is 0. The maximum atomic E-state index is 12.2. The highest BCUT2D eigenvalue weighted by Gasteiger charge is 2.17. The highest BCUT2D eigenvalue weighted by atomic mass is 16.5. The van der Waals surface area contributed by atoms with Gasteiger partial charge in [-0.25, -0.2) is 9.78 Å². The van der Waals surface area contributed by atoms with Gasteiger partial charge >= 0.3 is 5.97 Å². The molecule has 0 bridgehead atoms. The van der Waals surface area contributed by atoms with Crippen molar-refractivity contribution in [2.75, 3.05) is 0 Å². The molecule has 0 radical (unpaired) electrons. The first-order valence-electron chi connectivity index (χ1n) is 14.2. The van der Waals surface area contributed by atoms with Crippen molar-refractivity contribution in [2.45, 2.75) is 103 Å². The van der Waals surface area contributed by atoms with Gasteiger partial charge in [-0.1, -0.05) is 0 Å². The predicted octanol–water partition coefficient (Wildman–Crippen LogP) is 5.31. The van der Waals surface area contributed by atoms with Gasteiger partial charge in [0.1, 0.15) is 6.61 Å². The Hall–Kier alpha value is -4.25. The number of esters is 1. The molecule has 0 aromatic carbocycles. The van der Waals surface area contributed by atoms with E-state index in [4.69, 9.17) is 9.47 Å². The molecule has 4 heterocycles. The summed E-state index contributed by atoms with van der Waals surface area (Å²) < 4.78 is 11.1. The van der Waals surface area contributed by atoms with Crippen LogP contribution in [0, 0.1) is 83.1 Å². The number of rotatable bonds is 7. The van der Waals surface area contributed by atoms with E-state index in [0.29, 0.717) is 24.6 Å². The van der Waals surface area contributed by atoms with Gasteiger partial charge in [-0.05, 0) is 83.1 Å². The molecule has 0 aliphatic heterocycles. The SMILES string of the molecule is Cc1nc(C)c(COC(=O)c2nc(C)c(C)nc2C)nc1C.Cc1nc(C)c(COCc2nc(C)c(C)nc2C)nc1C. The lowest BCUT2D eigenvalue weighted by Gasteiger charge is -2.10. The minimum atomic E-state index is -0.493. The van der Waals surface area contributed by atoms with Crippen LogP contribution in [0.2, 0.25) is 0 Å². The van der Waals surface area contributed by atoms with Gasteiger partial charge < -0.3 is 9.47 Å². The van der Waals surface area contributed by atoms with Gasteiger partial charge in [0, 0.05) is 0 Å². The Labute approximate surface area is 254 Å². The molecule has 4 aromatic heterocycles. The van der Waals surface area contributed by atoms with E-state index in [2.05, 4.69) is 39.9 Å². The summed E-state index contributed by atoms with van der Waals surface area (Å²) in [7, 11) is 0. The molecule has 0 saturated carbocycles. The molecular weight excluding hydrogens is 544 g/mol. The Morgan fingerprint density at radius 2 is 0.698 bits per heavy atom. The Balaban J connectivity index is 0.000000236. The van der Waals surface area contributed by atoms with Crippen molar-refractivity contribution in [1.82, 2.24) is 39.9 Å². The van der Waals surface area contributed by atoms with Crippen LogP contribution in [0.25, 0.3) is 0 Å². The molecule has 0 fully saturated rings. The van der Waals surface area contributed by atoms with Crippen LogP contribution in [-0.4, -0.2) is 45.8 Å². The van der Waals surface area contributed by atoms with Crippen molar-refractivity contribution in [3.63, 3.8) is 0 Å². The van der Waals surface area contributed by atoms with Crippen molar-refractivity contribution in [2.24, 2.45) is 0 Å². The zero-order chi connectivity index (χ0) is 32.0. The van der Waals surface area contributed by atoms with Crippen LogP contribution in [0.5, 0.6) is 0 Å². The topological polar surface area (TPSA) is 139 Å². The summed E-state index contributed by atoms with van der Waals surface area (Å²) in [6.07, 6.45) is 0. The maximum Gasteiger partial charge on any atom is 0.359 e. The number of ether oxygens (including phenoxy) is 2. The molecule has 0 aliphatic rings. The fraction of sp³-hybridized carbons (Fsp3) is 0.469. The third-order valence-electron chi connectivity index (χ3n) is 7.23. The van der Waals surface area contributed by atoms with Gasteiger partial charge in [0.2, 0.25) is 0 Å². The van der Waals surface area contributed by atoms with E-state index in [1.165, 1.54) is 0 Å². The van der Waals surface area contributed by atoms with Gasteiger partial charge in [-0.3, -0.25) is 34.9 Å². The second kappa shape index (κ2) is 14.3. The van der Waals surface area contributed by atoms with Crippen LogP contribution in [0.15, 0.2) is 0 Å². The van der Waals surface area contributed by atoms with Crippen LogP contribution < -0.4 is 0 Å². The van der Waals surface area contributed by atoms with Gasteiger partial charge in [0.05, 0.1) is 98.6 Å². The molecule has 0 aliphatic carbocycles. The van der Waals surface area contributed by atoms with Crippen molar-refractivity contribution in [3.8, 4) is 0 Å². The molecule has 0 saturated heterocycles. The Bertz CT molecular complexity index is 1600. The molecule has 0 atom stereocenters. The number of hydrogen-bond donors (Lipinski definition) is 0. The standard InChI is InChI=1S/C16H20N4O2.C16H22N4O/c1-8-10(3)19-14(12(5)17-8)7-22-16(21)15-13(6)18-9(2)11(4)20-15;1-9-11(3)19-15(13(5)17-9)7-21-8-16-14(6)18-10(2)12(4)20-16/h7H2,1-6H3;7-8H2,1-6H3. The number of aryl methyl sites for hydroxylation is 12. The minimum absolute atomic E-state index is 0.0762. The second-order valence-corrected chi connectivity index (χ2v) is 10.7. The minimum Gasteiger partial charge on any atom is -0.454 e. The van der Waals surface area contributed by atoms with E-state index < -0.39 is 5.97 Å². The Kier molecular flexibility index (Phi) is 11.0. The third kappa shape index (κ3) is 8.63. The average molecular weight is 587 g/mol. The molecule has 11 nitrogen and oxygen atoms in total. The first kappa shape index (κ1) is 33.3. The van der Waals surface area contributed by atoms with Gasteiger partial charge in [-0.15, -0.1) is 0 Å². The molecule has 4 aromatic rings. The number of carbonyl (C=O) groups excluding carboxylic acids is 1. The number of hydrogen-bond acceptors (Lipinski definition) is 11. The molecule has 0 unspecified atom stereocenters. The predicted molar refractivity (Wildman–Crippen MR) is 163 cm³/mol. The largest absolute Gasteiger partial charge is 0.454 e. The summed E-state index contributed by atoms with van der Waals surface area (Å²) in [5.74, 6) is -0.493. The van der Waals surface area contributed by atoms with Crippen molar-refractivity contribution < 1.29 is 14.3 Å². The molecule has 4 rings (SSSR count). The maximum absolute atomic E-state index is 12.2. The van der Waals surface area contributed by atoms with Gasteiger partial charge in [0.25, 0.3) is 0 Å². The number of aromatic nitrogens is 8. The van der Waals surface area contributed by atoms with E-state index in [-0.39, 0.29) is 12.3 Å². The van der Waals surface area contributed by atoms with E-state index in [0.717, 1.165) is 74.0 Å². The molecule has 0 amide bonds. The van der Waals surface area contributed by atoms with Crippen LogP contribution in [-0.2, 0) is 29.3 Å². The monoisotopic (exact) mass is 586 g/mol. The third-order valence-corrected chi connectivity index (χ3v) is 7.23. The number of carbonyl (C=O) groups is 1. The lowest BCUT2D eigenvalue weighted by Crippen LogP contribution is -2.14. The molecule has 228 valence electrons. The first-order valence-corrected chi connectivity index (χ1v) is 14.2. The second-order valence-electron chi connectivity index (χ2n) is 10.7. The summed E-state index contributed by atoms with van der Waals surface area (Å²) in [6, 6.07) is 0. The quantitative estimate of drug-likeness (QED) is 0.260. The first-order chi connectivity index (χ1) is 20.2. The van der Waals surface area contributed by atoms with Gasteiger partial charge in [0.15, 0.2) is 5.69 Å². The zero-order valence-corrected chi connectivity index (χ0v) is 27.4. The summed E-state index contributed by atoms with van der Waals surface area (Å²) in [5.41, 5.74) is 12.9. The molecular formula is C32H42N8O3. The molecule has 0 spiro atoms. The molecule has 0 N–H and O–H groups in total. The lowest BCUT2D eigenvalue weighted by atomic mass is 10.2. The highest BCUT2D eigenvalue weighted by molar-refractivity contribution is 5.88. The fourth-order valence-corrected chi connectivity index (χ4v) is 4.05. The van der Waals surface area contributed by atoms with Crippen LogP contribution in [0.1, 0.15) is 95.9 Å². The lowest BCUT2D eigenvalue weighted by molar-refractivity contribution is 0.0457. The van der Waals surface area contributed by atoms with E-state index in [1.54, 1.807) is 6.92 Å². The van der Waals surface area contributed by atoms with Crippen LogP contribution in [0.4, 0.5) is 0 Å². The summed E-state index contributed by atoms with van der Waals surface area (Å²) in [6.45, 7) is 23.8. The van der Waals surface area contributed by atoms with E-state index in [9.17, 15) is 4.79 Å². The van der Waals surface area contributed by atoms with Crippen molar-refractivity contribution in [1.29, 1.82) is 0 Å². The Morgan fingerprint density at radius 1 is 0.395 bits per heavy atom. The fourth-order valence-electron chi connectivity index (χ4n) is 4.05. The highest BCUT2D eigenvalue weighted by Crippen LogP contribution is 2.14. The van der Waals surface area contributed by atoms with Crippen molar-refractivity contribution in [3.05, 3.63) is 91.1 Å². The molecule has 11 heteroatoms.